The fourth-order valence-electron chi connectivity index (χ4n) is 2.21. The quantitative estimate of drug-likeness (QED) is 0.770. The first kappa shape index (κ1) is 15.8. The maximum atomic E-state index is 12.9. The first-order chi connectivity index (χ1) is 10.2. The number of nitrogens with two attached hydrogens (primary N) is 1. The molecule has 2 aromatic carbocycles. The fourth-order valence-corrected chi connectivity index (χ4v) is 2.33. The van der Waals surface area contributed by atoms with Gasteiger partial charge in [0.2, 0.25) is 0 Å². The van der Waals surface area contributed by atoms with Crippen molar-refractivity contribution in [2.45, 2.75) is 18.8 Å². The van der Waals surface area contributed by atoms with Gasteiger partial charge in [-0.15, -0.1) is 0 Å². The van der Waals surface area contributed by atoms with Crippen LogP contribution < -0.4 is 10.5 Å². The second kappa shape index (κ2) is 8.01. The second-order valence-electron chi connectivity index (χ2n) is 4.93. The van der Waals surface area contributed by atoms with E-state index < -0.39 is 0 Å². The average molecular weight is 308 g/mol. The minimum absolute atomic E-state index is 0.222. The lowest BCUT2D eigenvalue weighted by atomic mass is 9.94. The molecule has 1 atom stereocenters. The summed E-state index contributed by atoms with van der Waals surface area (Å²) in [4.78, 5) is 0. The highest BCUT2D eigenvalue weighted by Gasteiger charge is 2.09. The molecule has 0 radical (unpaired) electrons. The predicted octanol–water partition coefficient (Wildman–Crippen LogP) is 4.38. The molecule has 21 heavy (non-hydrogen) atoms. The van der Waals surface area contributed by atoms with Crippen LogP contribution in [0.2, 0.25) is 5.02 Å². The molecule has 2 N–H and O–H groups in total. The van der Waals surface area contributed by atoms with Crippen molar-refractivity contribution in [1.29, 1.82) is 0 Å². The van der Waals surface area contributed by atoms with Gasteiger partial charge in [-0.3, -0.25) is 0 Å². The molecule has 2 rings (SSSR count). The first-order valence-electron chi connectivity index (χ1n) is 7.03. The van der Waals surface area contributed by atoms with Crippen LogP contribution in [0.5, 0.6) is 5.75 Å². The monoisotopic (exact) mass is 307 g/mol. The van der Waals surface area contributed by atoms with Gasteiger partial charge in [0.1, 0.15) is 11.6 Å². The SMILES string of the molecule is NCC(CCCOc1ccc(Cl)cc1)c1ccc(F)cc1. The van der Waals surface area contributed by atoms with E-state index in [-0.39, 0.29) is 11.7 Å². The maximum Gasteiger partial charge on any atom is 0.123 e. The van der Waals surface area contributed by atoms with E-state index in [4.69, 9.17) is 22.1 Å². The summed E-state index contributed by atoms with van der Waals surface area (Å²) in [6.07, 6.45) is 1.80. The molecule has 0 amide bonds. The molecule has 112 valence electrons. The van der Waals surface area contributed by atoms with E-state index >= 15 is 0 Å². The maximum absolute atomic E-state index is 12.9. The van der Waals surface area contributed by atoms with Gasteiger partial charge in [0.05, 0.1) is 6.61 Å². The second-order valence-corrected chi connectivity index (χ2v) is 5.37. The lowest BCUT2D eigenvalue weighted by Crippen LogP contribution is -2.13. The molecule has 4 heteroatoms. The zero-order valence-electron chi connectivity index (χ0n) is 11.8. The molecule has 0 aliphatic carbocycles. The molecule has 2 nitrogen and oxygen atoms in total. The lowest BCUT2D eigenvalue weighted by Gasteiger charge is -2.15. The number of ether oxygens (including phenoxy) is 1. The molecule has 0 aliphatic rings. The summed E-state index contributed by atoms with van der Waals surface area (Å²) in [5.74, 6) is 0.825. The summed E-state index contributed by atoms with van der Waals surface area (Å²) in [5, 5.41) is 0.696. The Bertz CT molecular complexity index is 542. The minimum atomic E-state index is -0.222. The Kier molecular flexibility index (Phi) is 6.03. The first-order valence-corrected chi connectivity index (χ1v) is 7.40. The Morgan fingerprint density at radius 2 is 1.71 bits per heavy atom. The van der Waals surface area contributed by atoms with E-state index in [1.807, 2.05) is 12.1 Å². The van der Waals surface area contributed by atoms with Crippen LogP contribution in [0.3, 0.4) is 0 Å². The van der Waals surface area contributed by atoms with Gasteiger partial charge < -0.3 is 10.5 Å². The van der Waals surface area contributed by atoms with E-state index in [1.165, 1.54) is 12.1 Å². The van der Waals surface area contributed by atoms with Crippen LogP contribution in [-0.4, -0.2) is 13.2 Å². The summed E-state index contributed by atoms with van der Waals surface area (Å²) < 4.78 is 18.6. The molecular formula is C17H19ClFNO. The smallest absolute Gasteiger partial charge is 0.123 e. The van der Waals surface area contributed by atoms with E-state index in [0.717, 1.165) is 24.2 Å². The molecule has 0 saturated carbocycles. The number of halogens is 2. The van der Waals surface area contributed by atoms with Gasteiger partial charge in [0.15, 0.2) is 0 Å². The van der Waals surface area contributed by atoms with Crippen molar-refractivity contribution < 1.29 is 9.13 Å². The molecule has 1 unspecified atom stereocenters. The van der Waals surface area contributed by atoms with Gasteiger partial charge in [-0.1, -0.05) is 23.7 Å². The molecule has 0 heterocycles. The Labute approximate surface area is 129 Å². The topological polar surface area (TPSA) is 35.2 Å². The van der Waals surface area contributed by atoms with Crippen LogP contribution >= 0.6 is 11.6 Å². The van der Waals surface area contributed by atoms with Gasteiger partial charge in [-0.2, -0.15) is 0 Å². The van der Waals surface area contributed by atoms with Gasteiger partial charge in [-0.05, 0) is 67.3 Å². The highest BCUT2D eigenvalue weighted by Crippen LogP contribution is 2.21. The van der Waals surface area contributed by atoms with E-state index in [0.29, 0.717) is 18.2 Å². The average Bonchev–Trinajstić information content (AvgIpc) is 2.50. The number of benzene rings is 2. The highest BCUT2D eigenvalue weighted by molar-refractivity contribution is 6.30. The minimum Gasteiger partial charge on any atom is -0.494 e. The Balaban J connectivity index is 1.78. The normalized spacial score (nSPS) is 12.1. The fraction of sp³-hybridized carbons (Fsp3) is 0.294. The Morgan fingerprint density at radius 3 is 2.33 bits per heavy atom. The molecule has 2 aromatic rings. The molecule has 0 aliphatic heterocycles. The van der Waals surface area contributed by atoms with Crippen molar-refractivity contribution >= 4 is 11.6 Å². The third kappa shape index (κ3) is 5.03. The summed E-state index contributed by atoms with van der Waals surface area (Å²) in [6.45, 7) is 1.17. The van der Waals surface area contributed by atoms with Gasteiger partial charge in [0.25, 0.3) is 0 Å². The van der Waals surface area contributed by atoms with E-state index in [9.17, 15) is 4.39 Å². The largest absolute Gasteiger partial charge is 0.494 e. The van der Waals surface area contributed by atoms with Crippen molar-refractivity contribution in [1.82, 2.24) is 0 Å². The van der Waals surface area contributed by atoms with E-state index in [1.54, 1.807) is 24.3 Å². The van der Waals surface area contributed by atoms with Gasteiger partial charge in [-0.25, -0.2) is 4.39 Å². The van der Waals surface area contributed by atoms with Crippen molar-refractivity contribution in [3.63, 3.8) is 0 Å². The summed E-state index contributed by atoms with van der Waals surface area (Å²) in [6, 6.07) is 13.9. The Hall–Kier alpha value is -1.58. The zero-order valence-corrected chi connectivity index (χ0v) is 12.5. The summed E-state index contributed by atoms with van der Waals surface area (Å²) in [5.41, 5.74) is 6.88. The van der Waals surface area contributed by atoms with Crippen molar-refractivity contribution in [3.8, 4) is 5.75 Å². The number of hydrogen-bond acceptors (Lipinski definition) is 2. The van der Waals surface area contributed by atoms with Crippen LogP contribution in [0.15, 0.2) is 48.5 Å². The van der Waals surface area contributed by atoms with Gasteiger partial charge >= 0.3 is 0 Å². The molecule has 0 bridgehead atoms. The van der Waals surface area contributed by atoms with Crippen molar-refractivity contribution in [2.24, 2.45) is 5.73 Å². The third-order valence-electron chi connectivity index (χ3n) is 3.41. The number of hydrogen-bond donors (Lipinski definition) is 1. The third-order valence-corrected chi connectivity index (χ3v) is 3.66. The number of rotatable bonds is 7. The predicted molar refractivity (Wildman–Crippen MR) is 84.4 cm³/mol. The summed E-state index contributed by atoms with van der Waals surface area (Å²) in [7, 11) is 0. The molecule has 0 fully saturated rings. The Morgan fingerprint density at radius 1 is 1.05 bits per heavy atom. The van der Waals surface area contributed by atoms with Crippen LogP contribution in [0.1, 0.15) is 24.3 Å². The highest BCUT2D eigenvalue weighted by atomic mass is 35.5. The lowest BCUT2D eigenvalue weighted by molar-refractivity contribution is 0.302. The molecule has 0 spiro atoms. The molecule has 0 saturated heterocycles. The van der Waals surface area contributed by atoms with Crippen LogP contribution in [-0.2, 0) is 0 Å². The van der Waals surface area contributed by atoms with E-state index in [2.05, 4.69) is 0 Å². The zero-order chi connectivity index (χ0) is 15.1. The van der Waals surface area contributed by atoms with Crippen molar-refractivity contribution in [3.05, 3.63) is 64.9 Å². The van der Waals surface area contributed by atoms with Crippen molar-refractivity contribution in [2.75, 3.05) is 13.2 Å². The molecular weight excluding hydrogens is 289 g/mol. The van der Waals surface area contributed by atoms with Crippen LogP contribution in [0.4, 0.5) is 4.39 Å². The van der Waals surface area contributed by atoms with Crippen LogP contribution in [0.25, 0.3) is 0 Å². The van der Waals surface area contributed by atoms with Crippen LogP contribution in [0, 0.1) is 5.82 Å². The summed E-state index contributed by atoms with van der Waals surface area (Å²) >= 11 is 5.82. The standard InChI is InChI=1S/C17H19ClFNO/c18-15-5-9-17(10-6-15)21-11-1-2-14(12-20)13-3-7-16(19)8-4-13/h3-10,14H,1-2,11-12,20H2. The van der Waals surface area contributed by atoms with Gasteiger partial charge in [0, 0.05) is 5.02 Å². The molecule has 0 aromatic heterocycles.